The van der Waals surface area contributed by atoms with E-state index in [-0.39, 0.29) is 12.1 Å². The van der Waals surface area contributed by atoms with Gasteiger partial charge in [-0.05, 0) is 86.9 Å². The molecule has 7 atom stereocenters. The fraction of sp³-hybridized carbons (Fsp3) is 0.900. The molecule has 3 nitrogen and oxygen atoms in total. The Morgan fingerprint density at radius 2 is 1.52 bits per heavy atom. The van der Waals surface area contributed by atoms with Crippen LogP contribution < -0.4 is 0 Å². The van der Waals surface area contributed by atoms with Crippen molar-refractivity contribution in [2.45, 2.75) is 77.2 Å². The van der Waals surface area contributed by atoms with Crippen molar-refractivity contribution in [3.05, 3.63) is 0 Å². The highest BCUT2D eigenvalue weighted by atomic mass is 16.5. The number of ketones is 1. The Morgan fingerprint density at radius 1 is 0.870 bits per heavy atom. The van der Waals surface area contributed by atoms with Crippen LogP contribution >= 0.6 is 0 Å². The van der Waals surface area contributed by atoms with E-state index in [1.807, 2.05) is 0 Å². The van der Waals surface area contributed by atoms with Gasteiger partial charge in [0.1, 0.15) is 11.9 Å². The van der Waals surface area contributed by atoms with Gasteiger partial charge in [-0.1, -0.05) is 0 Å². The standard InChI is InChI=1S/C20H30O3/c1-12(21)23-16-5-9-18-14(11-16)3-7-19-17-8-4-15(22)10-13(17)2-6-20(18)19/h13-14,16-20H,2-11H2,1H3/t13-,14-,16-,17-,18+,19+,20-/m1/s1. The second kappa shape index (κ2) is 6.22. The van der Waals surface area contributed by atoms with Gasteiger partial charge in [0.15, 0.2) is 0 Å². The van der Waals surface area contributed by atoms with Crippen LogP contribution in [0.1, 0.15) is 71.1 Å². The normalized spacial score (nSPS) is 46.3. The largest absolute Gasteiger partial charge is 0.463 e. The van der Waals surface area contributed by atoms with E-state index in [4.69, 9.17) is 4.74 Å². The number of esters is 1. The summed E-state index contributed by atoms with van der Waals surface area (Å²) >= 11 is 0. The third-order valence-corrected chi connectivity index (χ3v) is 7.57. The molecule has 0 saturated heterocycles. The SMILES string of the molecule is CC(=O)O[C@@H]1CC[C@H]2[C@H](CC[C@@H]3[C@@H]2CC[C@@H]2CC(=O)CC[C@H]23)C1. The molecule has 3 heteroatoms. The molecular weight excluding hydrogens is 288 g/mol. The smallest absolute Gasteiger partial charge is 0.302 e. The zero-order valence-electron chi connectivity index (χ0n) is 14.3. The molecular formula is C20H30O3. The first kappa shape index (κ1) is 15.7. The van der Waals surface area contributed by atoms with Gasteiger partial charge in [0, 0.05) is 19.8 Å². The first-order valence-electron chi connectivity index (χ1n) is 9.80. The summed E-state index contributed by atoms with van der Waals surface area (Å²) in [6.45, 7) is 1.54. The molecule has 0 radical (unpaired) electrons. The molecule has 0 unspecified atom stereocenters. The third kappa shape index (κ3) is 2.96. The van der Waals surface area contributed by atoms with Crippen LogP contribution in [0.15, 0.2) is 0 Å². The molecule has 0 spiro atoms. The van der Waals surface area contributed by atoms with Crippen LogP contribution in [-0.2, 0) is 14.3 Å². The number of carbonyl (C=O) groups is 2. The number of rotatable bonds is 1. The lowest BCUT2D eigenvalue weighted by Crippen LogP contribution is -2.47. The zero-order chi connectivity index (χ0) is 16.0. The first-order chi connectivity index (χ1) is 11.1. The first-order valence-corrected chi connectivity index (χ1v) is 9.80. The Labute approximate surface area is 139 Å². The van der Waals surface area contributed by atoms with Crippen LogP contribution in [-0.4, -0.2) is 17.9 Å². The van der Waals surface area contributed by atoms with Crippen LogP contribution in [0.4, 0.5) is 0 Å². The summed E-state index contributed by atoms with van der Waals surface area (Å²) in [6, 6.07) is 0. The van der Waals surface area contributed by atoms with E-state index in [1.54, 1.807) is 0 Å². The second-order valence-corrected chi connectivity index (χ2v) is 8.66. The van der Waals surface area contributed by atoms with E-state index in [9.17, 15) is 9.59 Å². The maximum absolute atomic E-state index is 11.8. The van der Waals surface area contributed by atoms with Gasteiger partial charge in [0.05, 0.1) is 0 Å². The Hall–Kier alpha value is -0.860. The number of hydrogen-bond acceptors (Lipinski definition) is 3. The van der Waals surface area contributed by atoms with Gasteiger partial charge in [0.2, 0.25) is 0 Å². The van der Waals surface area contributed by atoms with Crippen LogP contribution in [0.5, 0.6) is 0 Å². The zero-order valence-corrected chi connectivity index (χ0v) is 14.3. The van der Waals surface area contributed by atoms with Crippen LogP contribution in [0.3, 0.4) is 0 Å². The van der Waals surface area contributed by atoms with Crippen molar-refractivity contribution in [2.75, 3.05) is 0 Å². The van der Waals surface area contributed by atoms with Crippen molar-refractivity contribution >= 4 is 11.8 Å². The molecule has 4 aliphatic rings. The third-order valence-electron chi connectivity index (χ3n) is 7.57. The lowest BCUT2D eigenvalue weighted by atomic mass is 9.51. The van der Waals surface area contributed by atoms with Crippen LogP contribution in [0.25, 0.3) is 0 Å². The highest BCUT2D eigenvalue weighted by Crippen LogP contribution is 2.56. The highest BCUT2D eigenvalue weighted by molar-refractivity contribution is 5.79. The van der Waals surface area contributed by atoms with E-state index in [0.29, 0.717) is 11.7 Å². The van der Waals surface area contributed by atoms with Crippen molar-refractivity contribution in [3.8, 4) is 0 Å². The number of ether oxygens (including phenoxy) is 1. The minimum absolute atomic E-state index is 0.116. The van der Waals surface area contributed by atoms with E-state index >= 15 is 0 Å². The summed E-state index contributed by atoms with van der Waals surface area (Å²) in [4.78, 5) is 23.0. The Kier molecular flexibility index (Phi) is 4.23. The average Bonchev–Trinajstić information content (AvgIpc) is 2.53. The molecule has 0 aliphatic heterocycles. The van der Waals surface area contributed by atoms with Gasteiger partial charge in [-0.2, -0.15) is 0 Å². The maximum atomic E-state index is 11.8. The fourth-order valence-electron chi connectivity index (χ4n) is 6.78. The monoisotopic (exact) mass is 318 g/mol. The van der Waals surface area contributed by atoms with Crippen molar-refractivity contribution in [1.29, 1.82) is 0 Å². The minimum atomic E-state index is -0.116. The summed E-state index contributed by atoms with van der Waals surface area (Å²) in [5.74, 6) is 5.34. The fourth-order valence-corrected chi connectivity index (χ4v) is 6.78. The molecule has 0 N–H and O–H groups in total. The van der Waals surface area contributed by atoms with Gasteiger partial charge in [-0.25, -0.2) is 0 Å². The van der Waals surface area contributed by atoms with Gasteiger partial charge in [-0.15, -0.1) is 0 Å². The Morgan fingerprint density at radius 3 is 2.26 bits per heavy atom. The molecule has 4 fully saturated rings. The average molecular weight is 318 g/mol. The predicted octanol–water partition coefficient (Wildman–Crippen LogP) is 4.14. The summed E-state index contributed by atoms with van der Waals surface area (Å²) in [7, 11) is 0. The van der Waals surface area contributed by atoms with Crippen LogP contribution in [0, 0.1) is 35.5 Å². The molecule has 128 valence electrons. The van der Waals surface area contributed by atoms with Crippen molar-refractivity contribution < 1.29 is 14.3 Å². The molecule has 4 saturated carbocycles. The number of hydrogen-bond donors (Lipinski definition) is 0. The second-order valence-electron chi connectivity index (χ2n) is 8.66. The van der Waals surface area contributed by atoms with Gasteiger partial charge < -0.3 is 4.74 Å². The molecule has 0 heterocycles. The number of Topliss-reactive ketones (excluding diaryl/α,β-unsaturated/α-hetero) is 1. The van der Waals surface area contributed by atoms with E-state index in [2.05, 4.69) is 0 Å². The molecule has 0 aromatic heterocycles. The van der Waals surface area contributed by atoms with Gasteiger partial charge >= 0.3 is 5.97 Å². The van der Waals surface area contributed by atoms with E-state index in [1.165, 1.54) is 39.0 Å². The Bertz CT molecular complexity index is 485. The molecule has 4 rings (SSSR count). The van der Waals surface area contributed by atoms with Crippen LogP contribution in [0.2, 0.25) is 0 Å². The molecule has 0 amide bonds. The summed E-state index contributed by atoms with van der Waals surface area (Å²) in [6.07, 6.45) is 11.8. The molecule has 0 aromatic rings. The van der Waals surface area contributed by atoms with E-state index < -0.39 is 0 Å². The van der Waals surface area contributed by atoms with Crippen molar-refractivity contribution in [1.82, 2.24) is 0 Å². The number of fused-ring (bicyclic) bond motifs is 5. The predicted molar refractivity (Wildman–Crippen MR) is 87.7 cm³/mol. The van der Waals surface area contributed by atoms with Crippen molar-refractivity contribution in [2.24, 2.45) is 35.5 Å². The quantitative estimate of drug-likeness (QED) is 0.682. The van der Waals surface area contributed by atoms with Gasteiger partial charge in [-0.3, -0.25) is 9.59 Å². The minimum Gasteiger partial charge on any atom is -0.463 e. The lowest BCUT2D eigenvalue weighted by molar-refractivity contribution is -0.152. The Balaban J connectivity index is 1.43. The van der Waals surface area contributed by atoms with Gasteiger partial charge in [0.25, 0.3) is 0 Å². The summed E-state index contributed by atoms with van der Waals surface area (Å²) in [5.41, 5.74) is 0. The molecule has 0 bridgehead atoms. The van der Waals surface area contributed by atoms with Crippen molar-refractivity contribution in [3.63, 3.8) is 0 Å². The number of carbonyl (C=O) groups excluding carboxylic acids is 2. The van der Waals surface area contributed by atoms with E-state index in [0.717, 1.165) is 61.7 Å². The molecule has 0 aromatic carbocycles. The molecule has 23 heavy (non-hydrogen) atoms. The highest BCUT2D eigenvalue weighted by Gasteiger charge is 2.49. The molecule has 4 aliphatic carbocycles. The topological polar surface area (TPSA) is 43.4 Å². The maximum Gasteiger partial charge on any atom is 0.302 e. The lowest BCUT2D eigenvalue weighted by Gasteiger charge is -2.54. The summed E-state index contributed by atoms with van der Waals surface area (Å²) in [5, 5.41) is 0. The summed E-state index contributed by atoms with van der Waals surface area (Å²) < 4.78 is 5.50.